The zero-order chi connectivity index (χ0) is 27.1. The summed E-state index contributed by atoms with van der Waals surface area (Å²) in [7, 11) is 3.14. The number of hydrogen-bond acceptors (Lipinski definition) is 7. The van der Waals surface area contributed by atoms with Crippen LogP contribution in [0.4, 0.5) is 5.69 Å². The topological polar surface area (TPSA) is 143 Å². The van der Waals surface area contributed by atoms with Gasteiger partial charge in [0.1, 0.15) is 22.8 Å². The minimum absolute atomic E-state index is 0.215. The van der Waals surface area contributed by atoms with E-state index >= 15 is 0 Å². The van der Waals surface area contributed by atoms with Gasteiger partial charge in [-0.15, -0.1) is 0 Å². The number of carbonyl (C=O) groups excluding carboxylic acids is 1. The Bertz CT molecular complexity index is 1430. The van der Waals surface area contributed by atoms with Gasteiger partial charge in [-0.05, 0) is 41.0 Å². The zero-order valence-corrected chi connectivity index (χ0v) is 20.8. The minimum Gasteiger partial charge on any atom is -0.497 e. The first-order chi connectivity index (χ1) is 18.4. The third kappa shape index (κ3) is 5.51. The van der Waals surface area contributed by atoms with E-state index in [2.05, 4.69) is 10.3 Å². The molecular weight excluding hydrogens is 490 g/mol. The van der Waals surface area contributed by atoms with E-state index < -0.39 is 35.5 Å². The van der Waals surface area contributed by atoms with Gasteiger partial charge in [-0.2, -0.15) is 0 Å². The first kappa shape index (κ1) is 26.4. The molecule has 38 heavy (non-hydrogen) atoms. The number of aromatic nitrogens is 2. The van der Waals surface area contributed by atoms with Crippen LogP contribution in [0.2, 0.25) is 0 Å². The predicted octanol–water partition coefficient (Wildman–Crippen LogP) is 2.39. The van der Waals surface area contributed by atoms with Crippen LogP contribution in [0.3, 0.4) is 0 Å². The summed E-state index contributed by atoms with van der Waals surface area (Å²) in [6.07, 6.45) is -0.601. The lowest BCUT2D eigenvalue weighted by Crippen LogP contribution is -2.40. The summed E-state index contributed by atoms with van der Waals surface area (Å²) in [5.74, 6) is 0.418. The van der Waals surface area contributed by atoms with Crippen molar-refractivity contribution in [2.75, 3.05) is 26.1 Å². The van der Waals surface area contributed by atoms with Crippen LogP contribution in [-0.4, -0.2) is 47.9 Å². The van der Waals surface area contributed by atoms with Gasteiger partial charge >= 0.3 is 5.69 Å². The lowest BCUT2D eigenvalue weighted by atomic mass is 9.80. The number of rotatable bonds is 10. The third-order valence-corrected chi connectivity index (χ3v) is 6.01. The molecule has 0 aliphatic rings. The van der Waals surface area contributed by atoms with Crippen molar-refractivity contribution in [3.63, 3.8) is 0 Å². The maximum Gasteiger partial charge on any atom is 0.325 e. The number of hydrogen-bond donors (Lipinski definition) is 4. The van der Waals surface area contributed by atoms with Crippen molar-refractivity contribution in [2.24, 2.45) is 0 Å². The smallest absolute Gasteiger partial charge is 0.325 e. The molecule has 4 aromatic rings. The molecule has 0 spiro atoms. The molecule has 10 nitrogen and oxygen atoms in total. The Morgan fingerprint density at radius 2 is 1.39 bits per heavy atom. The second-order valence-corrected chi connectivity index (χ2v) is 8.31. The van der Waals surface area contributed by atoms with Crippen molar-refractivity contribution >= 4 is 11.6 Å². The number of carbonyl (C=O) groups is 1. The summed E-state index contributed by atoms with van der Waals surface area (Å²) >= 11 is 0. The highest BCUT2D eigenvalue weighted by atomic mass is 16.5. The quantitative estimate of drug-likeness (QED) is 0.237. The molecular formula is C28H27N3O7. The Labute approximate surface area is 217 Å². The summed E-state index contributed by atoms with van der Waals surface area (Å²) in [6, 6.07) is 24.0. The molecule has 1 aromatic heterocycles. The van der Waals surface area contributed by atoms with Gasteiger partial charge in [0.15, 0.2) is 6.10 Å². The maximum atomic E-state index is 12.7. The molecule has 0 fully saturated rings. The monoisotopic (exact) mass is 517 g/mol. The number of H-pyrrole nitrogens is 2. The Morgan fingerprint density at radius 3 is 1.89 bits per heavy atom. The van der Waals surface area contributed by atoms with Crippen molar-refractivity contribution in [2.45, 2.75) is 11.7 Å². The van der Waals surface area contributed by atoms with Crippen molar-refractivity contribution in [1.29, 1.82) is 0 Å². The summed E-state index contributed by atoms with van der Waals surface area (Å²) in [5, 5.41) is 13.0. The molecule has 196 valence electrons. The highest BCUT2D eigenvalue weighted by molar-refractivity contribution is 5.93. The van der Waals surface area contributed by atoms with Gasteiger partial charge in [0.2, 0.25) is 0 Å². The molecule has 0 saturated heterocycles. The molecule has 0 aliphatic carbocycles. The molecule has 1 atom stereocenters. The average Bonchev–Trinajstić information content (AvgIpc) is 2.96. The van der Waals surface area contributed by atoms with E-state index in [9.17, 15) is 19.5 Å². The molecule has 0 bridgehead atoms. The lowest BCUT2D eigenvalue weighted by molar-refractivity contribution is -0.130. The van der Waals surface area contributed by atoms with Crippen molar-refractivity contribution < 1.29 is 24.1 Å². The van der Waals surface area contributed by atoms with Crippen LogP contribution >= 0.6 is 0 Å². The zero-order valence-electron chi connectivity index (χ0n) is 20.8. The van der Waals surface area contributed by atoms with E-state index in [4.69, 9.17) is 14.2 Å². The molecule has 3 aromatic carbocycles. The van der Waals surface area contributed by atoms with Crippen LogP contribution in [0.15, 0.2) is 94.6 Å². The minimum atomic E-state index is -1.65. The van der Waals surface area contributed by atoms with Crippen LogP contribution in [0, 0.1) is 0 Å². The van der Waals surface area contributed by atoms with Gasteiger partial charge in [-0.25, -0.2) is 4.79 Å². The lowest BCUT2D eigenvalue weighted by Gasteiger charge is -2.36. The number of aromatic amines is 2. The van der Waals surface area contributed by atoms with Crippen LogP contribution in [0.5, 0.6) is 11.5 Å². The van der Waals surface area contributed by atoms with E-state index in [-0.39, 0.29) is 5.69 Å². The molecule has 0 radical (unpaired) electrons. The number of anilines is 1. The van der Waals surface area contributed by atoms with Crippen LogP contribution < -0.4 is 26.0 Å². The maximum absolute atomic E-state index is 12.7. The Kier molecular flexibility index (Phi) is 8.05. The Balaban J connectivity index is 1.73. The average molecular weight is 518 g/mol. The Morgan fingerprint density at radius 1 is 0.868 bits per heavy atom. The van der Waals surface area contributed by atoms with Crippen molar-refractivity contribution in [3.05, 3.63) is 123 Å². The standard InChI is InChI=1S/C28H27N3O7/c1-36-21-12-8-19(9-13-21)28(18-6-4-3-5-7-18,20-10-14-22(37-2)15-11-20)38-17-24(32)26(34)30-23-16-29-27(35)31-25(23)33/h3-16,24,32H,17H2,1-2H3,(H,30,34)(H2,29,31,33,35)/t24-/m1/s1. The summed E-state index contributed by atoms with van der Waals surface area (Å²) < 4.78 is 17.1. The molecule has 1 amide bonds. The molecule has 4 N–H and O–H groups in total. The summed E-state index contributed by atoms with van der Waals surface area (Å²) in [4.78, 5) is 40.2. The number of methoxy groups -OCH3 is 2. The number of ether oxygens (including phenoxy) is 3. The first-order valence-corrected chi connectivity index (χ1v) is 11.7. The van der Waals surface area contributed by atoms with Crippen molar-refractivity contribution in [1.82, 2.24) is 9.97 Å². The van der Waals surface area contributed by atoms with E-state index in [0.29, 0.717) is 11.5 Å². The highest BCUT2D eigenvalue weighted by Crippen LogP contribution is 2.41. The normalized spacial score (nSPS) is 12.0. The fourth-order valence-corrected chi connectivity index (χ4v) is 4.07. The van der Waals surface area contributed by atoms with Crippen LogP contribution in [-0.2, 0) is 15.1 Å². The fraction of sp³-hybridized carbons (Fsp3) is 0.179. The molecule has 10 heteroatoms. The SMILES string of the molecule is COc1ccc(C(OC[C@@H](O)C(=O)Nc2c[nH]c(=O)[nH]c2=O)(c2ccccc2)c2ccc(OC)cc2)cc1. The second kappa shape index (κ2) is 11.6. The Hall–Kier alpha value is -4.67. The molecule has 1 heterocycles. The van der Waals surface area contributed by atoms with Crippen molar-refractivity contribution in [3.8, 4) is 11.5 Å². The van der Waals surface area contributed by atoms with Gasteiger partial charge < -0.3 is 29.6 Å². The number of benzene rings is 3. The molecule has 0 saturated carbocycles. The predicted molar refractivity (Wildman–Crippen MR) is 141 cm³/mol. The number of aliphatic hydroxyl groups excluding tert-OH is 1. The van der Waals surface area contributed by atoms with Gasteiger partial charge in [-0.3, -0.25) is 14.6 Å². The van der Waals surface area contributed by atoms with Gasteiger partial charge in [0, 0.05) is 6.20 Å². The van der Waals surface area contributed by atoms with Gasteiger partial charge in [0.25, 0.3) is 11.5 Å². The molecule has 4 rings (SSSR count). The van der Waals surface area contributed by atoms with Crippen LogP contribution in [0.25, 0.3) is 0 Å². The number of amides is 1. The van der Waals surface area contributed by atoms with E-state index in [1.165, 1.54) is 0 Å². The van der Waals surface area contributed by atoms with E-state index in [0.717, 1.165) is 22.9 Å². The molecule has 0 unspecified atom stereocenters. The third-order valence-electron chi connectivity index (χ3n) is 6.01. The van der Waals surface area contributed by atoms with Gasteiger partial charge in [-0.1, -0.05) is 54.6 Å². The second-order valence-electron chi connectivity index (χ2n) is 8.31. The largest absolute Gasteiger partial charge is 0.497 e. The van der Waals surface area contributed by atoms with E-state index in [1.807, 2.05) is 59.6 Å². The number of nitrogens with one attached hydrogen (secondary N) is 3. The fourth-order valence-electron chi connectivity index (χ4n) is 4.07. The summed E-state index contributed by atoms with van der Waals surface area (Å²) in [5.41, 5.74) is -0.780. The molecule has 0 aliphatic heterocycles. The summed E-state index contributed by atoms with van der Waals surface area (Å²) in [6.45, 7) is -0.431. The number of aliphatic hydroxyl groups is 1. The highest BCUT2D eigenvalue weighted by Gasteiger charge is 2.39. The first-order valence-electron chi connectivity index (χ1n) is 11.7. The van der Waals surface area contributed by atoms with Crippen LogP contribution in [0.1, 0.15) is 16.7 Å². The van der Waals surface area contributed by atoms with Gasteiger partial charge in [0.05, 0.1) is 20.8 Å². The van der Waals surface area contributed by atoms with E-state index in [1.54, 1.807) is 38.5 Å².